The summed E-state index contributed by atoms with van der Waals surface area (Å²) in [6, 6.07) is 3.88. The van der Waals surface area contributed by atoms with Gasteiger partial charge in [-0.1, -0.05) is 13.3 Å². The first-order valence-corrected chi connectivity index (χ1v) is 5.85. The molecule has 0 aliphatic heterocycles. The molecule has 1 aromatic carbocycles. The maximum atomic E-state index is 11.2. The molecule has 0 spiro atoms. The van der Waals surface area contributed by atoms with Crippen LogP contribution >= 0.6 is 0 Å². The van der Waals surface area contributed by atoms with E-state index in [2.05, 4.69) is 6.92 Å². The molecular weight excluding hydrogens is 216 g/mol. The SMILES string of the molecule is CCCc1cc(OC)c(CC(C)=O)cc1OC. The molecule has 0 atom stereocenters. The molecule has 0 saturated heterocycles. The molecule has 0 aliphatic rings. The Morgan fingerprint density at radius 1 is 1.12 bits per heavy atom. The molecule has 3 nitrogen and oxygen atoms in total. The van der Waals surface area contributed by atoms with Crippen LogP contribution in [0.15, 0.2) is 12.1 Å². The van der Waals surface area contributed by atoms with E-state index in [1.807, 2.05) is 12.1 Å². The van der Waals surface area contributed by atoms with E-state index in [-0.39, 0.29) is 5.78 Å². The van der Waals surface area contributed by atoms with Gasteiger partial charge >= 0.3 is 0 Å². The van der Waals surface area contributed by atoms with Crippen LogP contribution < -0.4 is 9.47 Å². The standard InChI is InChI=1S/C14H20O3/c1-5-6-11-8-14(17-4)12(7-10(2)15)9-13(11)16-3/h8-9H,5-7H2,1-4H3. The molecule has 1 rings (SSSR count). The van der Waals surface area contributed by atoms with Gasteiger partial charge in [0.05, 0.1) is 14.2 Å². The van der Waals surface area contributed by atoms with Gasteiger partial charge in [0, 0.05) is 12.0 Å². The molecule has 0 heterocycles. The van der Waals surface area contributed by atoms with Crippen LogP contribution in [-0.4, -0.2) is 20.0 Å². The Morgan fingerprint density at radius 2 is 1.65 bits per heavy atom. The number of hydrogen-bond acceptors (Lipinski definition) is 3. The number of carbonyl (C=O) groups excluding carboxylic acids is 1. The Kier molecular flexibility index (Phi) is 5.01. The Labute approximate surface area is 103 Å². The number of aryl methyl sites for hydroxylation is 1. The topological polar surface area (TPSA) is 35.5 Å². The lowest BCUT2D eigenvalue weighted by atomic mass is 10.0. The van der Waals surface area contributed by atoms with Crippen molar-refractivity contribution in [3.05, 3.63) is 23.3 Å². The highest BCUT2D eigenvalue weighted by atomic mass is 16.5. The smallest absolute Gasteiger partial charge is 0.134 e. The van der Waals surface area contributed by atoms with Crippen molar-refractivity contribution in [3.63, 3.8) is 0 Å². The lowest BCUT2D eigenvalue weighted by molar-refractivity contribution is -0.116. The number of Topliss-reactive ketones (excluding diaryl/α,β-unsaturated/α-hetero) is 1. The molecule has 0 fully saturated rings. The molecule has 0 aromatic heterocycles. The van der Waals surface area contributed by atoms with E-state index < -0.39 is 0 Å². The molecule has 0 bridgehead atoms. The number of rotatable bonds is 6. The summed E-state index contributed by atoms with van der Waals surface area (Å²) >= 11 is 0. The second kappa shape index (κ2) is 6.28. The van der Waals surface area contributed by atoms with Gasteiger partial charge < -0.3 is 9.47 Å². The highest BCUT2D eigenvalue weighted by Gasteiger charge is 2.11. The summed E-state index contributed by atoms with van der Waals surface area (Å²) < 4.78 is 10.7. The van der Waals surface area contributed by atoms with Gasteiger partial charge in [-0.05, 0) is 31.0 Å². The molecule has 1 aromatic rings. The van der Waals surface area contributed by atoms with E-state index in [0.29, 0.717) is 6.42 Å². The fraction of sp³-hybridized carbons (Fsp3) is 0.500. The second-order valence-electron chi connectivity index (χ2n) is 4.10. The summed E-state index contributed by atoms with van der Waals surface area (Å²) in [5, 5.41) is 0. The van der Waals surface area contributed by atoms with E-state index in [1.54, 1.807) is 21.1 Å². The largest absolute Gasteiger partial charge is 0.496 e. The molecular formula is C14H20O3. The van der Waals surface area contributed by atoms with Crippen LogP contribution in [0.4, 0.5) is 0 Å². The fourth-order valence-electron chi connectivity index (χ4n) is 1.90. The van der Waals surface area contributed by atoms with Crippen molar-refractivity contribution in [1.29, 1.82) is 0 Å². The van der Waals surface area contributed by atoms with E-state index in [1.165, 1.54) is 0 Å². The Morgan fingerprint density at radius 3 is 2.12 bits per heavy atom. The summed E-state index contributed by atoms with van der Waals surface area (Å²) in [7, 11) is 3.28. The van der Waals surface area contributed by atoms with Gasteiger partial charge in [-0.15, -0.1) is 0 Å². The molecule has 17 heavy (non-hydrogen) atoms. The van der Waals surface area contributed by atoms with Gasteiger partial charge in [0.15, 0.2) is 0 Å². The Hall–Kier alpha value is -1.51. The van der Waals surface area contributed by atoms with E-state index in [9.17, 15) is 4.79 Å². The van der Waals surface area contributed by atoms with Crippen molar-refractivity contribution in [2.75, 3.05) is 14.2 Å². The Bertz CT molecular complexity index is 397. The van der Waals surface area contributed by atoms with Crippen molar-refractivity contribution >= 4 is 5.78 Å². The molecule has 0 unspecified atom stereocenters. The van der Waals surface area contributed by atoms with Crippen LogP contribution in [0.25, 0.3) is 0 Å². The molecule has 0 radical (unpaired) electrons. The van der Waals surface area contributed by atoms with Gasteiger partial charge in [-0.2, -0.15) is 0 Å². The number of carbonyl (C=O) groups is 1. The minimum atomic E-state index is 0.119. The molecule has 94 valence electrons. The lowest BCUT2D eigenvalue weighted by Gasteiger charge is -2.14. The average molecular weight is 236 g/mol. The van der Waals surface area contributed by atoms with Crippen LogP contribution in [0.3, 0.4) is 0 Å². The predicted molar refractivity (Wildman–Crippen MR) is 67.9 cm³/mol. The molecule has 3 heteroatoms. The zero-order chi connectivity index (χ0) is 12.8. The van der Waals surface area contributed by atoms with Crippen molar-refractivity contribution < 1.29 is 14.3 Å². The van der Waals surface area contributed by atoms with Crippen molar-refractivity contribution in [2.45, 2.75) is 33.1 Å². The van der Waals surface area contributed by atoms with Crippen molar-refractivity contribution in [1.82, 2.24) is 0 Å². The van der Waals surface area contributed by atoms with Crippen molar-refractivity contribution in [2.24, 2.45) is 0 Å². The first-order valence-electron chi connectivity index (χ1n) is 5.85. The zero-order valence-electron chi connectivity index (χ0n) is 11.0. The summed E-state index contributed by atoms with van der Waals surface area (Å²) in [4.78, 5) is 11.2. The van der Waals surface area contributed by atoms with E-state index in [4.69, 9.17) is 9.47 Å². The second-order valence-corrected chi connectivity index (χ2v) is 4.10. The number of benzene rings is 1. The normalized spacial score (nSPS) is 10.1. The monoisotopic (exact) mass is 236 g/mol. The maximum Gasteiger partial charge on any atom is 0.134 e. The zero-order valence-corrected chi connectivity index (χ0v) is 11.0. The van der Waals surface area contributed by atoms with Crippen molar-refractivity contribution in [3.8, 4) is 11.5 Å². The van der Waals surface area contributed by atoms with E-state index in [0.717, 1.165) is 35.5 Å². The summed E-state index contributed by atoms with van der Waals surface area (Å²) in [5.41, 5.74) is 2.01. The van der Waals surface area contributed by atoms with Crippen LogP contribution in [0, 0.1) is 0 Å². The highest BCUT2D eigenvalue weighted by Crippen LogP contribution is 2.30. The molecule has 0 aliphatic carbocycles. The minimum Gasteiger partial charge on any atom is -0.496 e. The quantitative estimate of drug-likeness (QED) is 0.762. The first kappa shape index (κ1) is 13.6. The van der Waals surface area contributed by atoms with Gasteiger partial charge in [0.2, 0.25) is 0 Å². The Balaban J connectivity index is 3.17. The lowest BCUT2D eigenvalue weighted by Crippen LogP contribution is -2.02. The predicted octanol–water partition coefficient (Wildman–Crippen LogP) is 2.79. The third-order valence-corrected chi connectivity index (χ3v) is 2.64. The van der Waals surface area contributed by atoms with Gasteiger partial charge in [-0.3, -0.25) is 4.79 Å². The number of hydrogen-bond donors (Lipinski definition) is 0. The van der Waals surface area contributed by atoms with Gasteiger partial charge in [-0.25, -0.2) is 0 Å². The number of methoxy groups -OCH3 is 2. The van der Waals surface area contributed by atoms with Crippen LogP contribution in [0.2, 0.25) is 0 Å². The third kappa shape index (κ3) is 3.48. The minimum absolute atomic E-state index is 0.119. The van der Waals surface area contributed by atoms with Gasteiger partial charge in [0.25, 0.3) is 0 Å². The maximum absolute atomic E-state index is 11.2. The van der Waals surface area contributed by atoms with E-state index >= 15 is 0 Å². The summed E-state index contributed by atoms with van der Waals surface area (Å²) in [6.07, 6.45) is 2.37. The molecule has 0 amide bonds. The molecule has 0 saturated carbocycles. The third-order valence-electron chi connectivity index (χ3n) is 2.64. The molecule has 0 N–H and O–H groups in total. The van der Waals surface area contributed by atoms with Crippen LogP contribution in [0.1, 0.15) is 31.4 Å². The highest BCUT2D eigenvalue weighted by molar-refractivity contribution is 5.79. The van der Waals surface area contributed by atoms with Crippen LogP contribution in [0.5, 0.6) is 11.5 Å². The van der Waals surface area contributed by atoms with Gasteiger partial charge in [0.1, 0.15) is 17.3 Å². The fourth-order valence-corrected chi connectivity index (χ4v) is 1.90. The number of ether oxygens (including phenoxy) is 2. The first-order chi connectivity index (χ1) is 8.12. The van der Waals surface area contributed by atoms with Crippen LogP contribution in [-0.2, 0) is 17.6 Å². The average Bonchev–Trinajstić information content (AvgIpc) is 2.30. The summed E-state index contributed by atoms with van der Waals surface area (Å²) in [6.45, 7) is 3.70. The number of ketones is 1. The summed E-state index contributed by atoms with van der Waals surface area (Å²) in [5.74, 6) is 1.72.